The molecule has 2 aromatic rings. The van der Waals surface area contributed by atoms with Crippen LogP contribution in [0.1, 0.15) is 20.3 Å². The van der Waals surface area contributed by atoms with Gasteiger partial charge in [0.15, 0.2) is 0 Å². The third kappa shape index (κ3) is 2.84. The van der Waals surface area contributed by atoms with Crippen LogP contribution in [0.15, 0.2) is 54.4 Å². The van der Waals surface area contributed by atoms with Crippen LogP contribution >= 0.6 is 11.8 Å². The Bertz CT molecular complexity index is 844. The molecule has 1 saturated heterocycles. The Morgan fingerprint density at radius 1 is 1.26 bits per heavy atom. The van der Waals surface area contributed by atoms with Crippen molar-refractivity contribution in [2.45, 2.75) is 26.8 Å². The maximum absolute atomic E-state index is 12.1. The number of hydrogen-bond donors (Lipinski definition) is 0. The Morgan fingerprint density at radius 2 is 2.00 bits per heavy atom. The molecule has 4 nitrogen and oxygen atoms in total. The lowest BCUT2D eigenvalue weighted by molar-refractivity contribution is -0.107. The van der Waals surface area contributed by atoms with Crippen molar-refractivity contribution in [3.8, 4) is 0 Å². The smallest absolute Gasteiger partial charge is 0.298 e. The van der Waals surface area contributed by atoms with Gasteiger partial charge in [0.05, 0.1) is 16.9 Å². The van der Waals surface area contributed by atoms with E-state index in [1.807, 2.05) is 30.5 Å². The molecule has 5 heteroatoms. The van der Waals surface area contributed by atoms with Gasteiger partial charge < -0.3 is 4.57 Å². The molecule has 1 fully saturated rings. The zero-order chi connectivity index (χ0) is 16.6. The molecule has 23 heavy (non-hydrogen) atoms. The lowest BCUT2D eigenvalue weighted by Gasteiger charge is -2.13. The molecule has 0 N–H and O–H groups in total. The normalized spacial score (nSPS) is 14.9. The van der Waals surface area contributed by atoms with Crippen LogP contribution in [0.2, 0.25) is 0 Å². The SMILES string of the molecule is C=C1C(=O)SC(=O)N1c1cn(CCC=C(C)C)c2ccccc12. The van der Waals surface area contributed by atoms with Crippen LogP contribution in [-0.2, 0) is 11.3 Å². The monoisotopic (exact) mass is 326 g/mol. The van der Waals surface area contributed by atoms with E-state index in [0.717, 1.165) is 29.6 Å². The summed E-state index contributed by atoms with van der Waals surface area (Å²) in [7, 11) is 0. The summed E-state index contributed by atoms with van der Waals surface area (Å²) in [6.07, 6.45) is 5.04. The number of nitrogens with zero attached hydrogens (tertiary/aromatic N) is 2. The van der Waals surface area contributed by atoms with Crippen molar-refractivity contribution in [3.05, 3.63) is 54.4 Å². The zero-order valence-electron chi connectivity index (χ0n) is 13.2. The third-order valence-corrected chi connectivity index (χ3v) is 4.58. The predicted octanol–water partition coefficient (Wildman–Crippen LogP) is 4.71. The van der Waals surface area contributed by atoms with Crippen LogP contribution in [0.4, 0.5) is 10.5 Å². The average Bonchev–Trinajstić information content (AvgIpc) is 2.97. The summed E-state index contributed by atoms with van der Waals surface area (Å²) in [6, 6.07) is 7.91. The van der Waals surface area contributed by atoms with E-state index in [1.54, 1.807) is 0 Å². The second-order valence-corrected chi connectivity index (χ2v) is 6.66. The van der Waals surface area contributed by atoms with Gasteiger partial charge in [-0.05, 0) is 26.3 Å². The maximum atomic E-state index is 12.1. The Morgan fingerprint density at radius 3 is 2.65 bits per heavy atom. The number of amides is 1. The first-order valence-corrected chi connectivity index (χ1v) is 8.27. The molecule has 0 unspecified atom stereocenters. The Labute approximate surface area is 139 Å². The largest absolute Gasteiger partial charge is 0.345 e. The van der Waals surface area contributed by atoms with Crippen molar-refractivity contribution < 1.29 is 9.59 Å². The summed E-state index contributed by atoms with van der Waals surface area (Å²) < 4.78 is 2.12. The number of fused-ring (bicyclic) bond motifs is 1. The third-order valence-electron chi connectivity index (χ3n) is 3.80. The fourth-order valence-electron chi connectivity index (χ4n) is 2.71. The molecule has 0 atom stereocenters. The highest BCUT2D eigenvalue weighted by Gasteiger charge is 2.35. The van der Waals surface area contributed by atoms with E-state index in [0.29, 0.717) is 11.8 Å². The average molecular weight is 326 g/mol. The number of carbonyl (C=O) groups excluding carboxylic acids is 2. The minimum Gasteiger partial charge on any atom is -0.345 e. The molecule has 1 amide bonds. The lowest BCUT2D eigenvalue weighted by atomic mass is 10.2. The van der Waals surface area contributed by atoms with Gasteiger partial charge in [0.2, 0.25) is 5.12 Å². The number of thioether (sulfide) groups is 1. The van der Waals surface area contributed by atoms with Crippen molar-refractivity contribution in [2.24, 2.45) is 0 Å². The topological polar surface area (TPSA) is 42.3 Å². The lowest BCUT2D eigenvalue weighted by Crippen LogP contribution is -2.20. The molecular weight excluding hydrogens is 308 g/mol. The van der Waals surface area contributed by atoms with Gasteiger partial charge in [0.25, 0.3) is 5.24 Å². The highest BCUT2D eigenvalue weighted by Crippen LogP contribution is 2.38. The number of rotatable bonds is 4. The summed E-state index contributed by atoms with van der Waals surface area (Å²) >= 11 is 0.701. The van der Waals surface area contributed by atoms with Crippen LogP contribution < -0.4 is 4.90 Å². The molecule has 118 valence electrons. The minimum absolute atomic E-state index is 0.229. The molecule has 0 spiro atoms. The van der Waals surface area contributed by atoms with Crippen LogP contribution in [0, 0.1) is 0 Å². The Kier molecular flexibility index (Phi) is 4.13. The van der Waals surface area contributed by atoms with E-state index in [-0.39, 0.29) is 16.1 Å². The van der Waals surface area contributed by atoms with Gasteiger partial charge >= 0.3 is 0 Å². The quantitative estimate of drug-likeness (QED) is 0.603. The first-order valence-electron chi connectivity index (χ1n) is 7.45. The molecule has 1 aromatic heterocycles. The van der Waals surface area contributed by atoms with Crippen LogP contribution in [0.3, 0.4) is 0 Å². The number of hydrogen-bond acceptors (Lipinski definition) is 3. The maximum Gasteiger partial charge on any atom is 0.298 e. The van der Waals surface area contributed by atoms with E-state index in [4.69, 9.17) is 0 Å². The molecule has 0 bridgehead atoms. The van der Waals surface area contributed by atoms with Crippen molar-refractivity contribution in [1.82, 2.24) is 4.57 Å². The van der Waals surface area contributed by atoms with E-state index >= 15 is 0 Å². The fraction of sp³-hybridized carbons (Fsp3) is 0.222. The molecule has 0 radical (unpaired) electrons. The summed E-state index contributed by atoms with van der Waals surface area (Å²) in [5.41, 5.74) is 3.29. The van der Waals surface area contributed by atoms with E-state index in [1.165, 1.54) is 10.5 Å². The summed E-state index contributed by atoms with van der Waals surface area (Å²) in [4.78, 5) is 25.3. The molecule has 3 rings (SSSR count). The predicted molar refractivity (Wildman–Crippen MR) is 95.6 cm³/mol. The van der Waals surface area contributed by atoms with Crippen molar-refractivity contribution in [2.75, 3.05) is 4.90 Å². The number of aromatic nitrogens is 1. The summed E-state index contributed by atoms with van der Waals surface area (Å²) in [5.74, 6) is 0. The number of allylic oxidation sites excluding steroid dienone is 2. The van der Waals surface area contributed by atoms with Gasteiger partial charge in [0, 0.05) is 29.9 Å². The molecular formula is C18H18N2O2S. The van der Waals surface area contributed by atoms with Crippen molar-refractivity contribution in [3.63, 3.8) is 0 Å². The number of para-hydroxylation sites is 1. The standard InChI is InChI=1S/C18H18N2O2S/c1-12(2)7-6-10-19-11-16(14-8-4-5-9-15(14)19)20-13(3)17(21)23-18(20)22/h4-5,7-9,11H,3,6,10H2,1-2H3. The van der Waals surface area contributed by atoms with E-state index < -0.39 is 0 Å². The van der Waals surface area contributed by atoms with Crippen LogP contribution in [-0.4, -0.2) is 14.9 Å². The molecule has 2 heterocycles. The second kappa shape index (κ2) is 6.08. The molecule has 1 aliphatic rings. The highest BCUT2D eigenvalue weighted by atomic mass is 32.2. The molecule has 1 aromatic carbocycles. The van der Waals surface area contributed by atoms with Gasteiger partial charge in [0.1, 0.15) is 0 Å². The minimum atomic E-state index is -0.285. The summed E-state index contributed by atoms with van der Waals surface area (Å²) in [6.45, 7) is 8.74. The van der Waals surface area contributed by atoms with E-state index in [9.17, 15) is 9.59 Å². The van der Waals surface area contributed by atoms with Crippen LogP contribution in [0.25, 0.3) is 10.9 Å². The summed E-state index contributed by atoms with van der Waals surface area (Å²) in [5, 5.41) is 0.387. The van der Waals surface area contributed by atoms with Gasteiger partial charge in [-0.2, -0.15) is 0 Å². The van der Waals surface area contributed by atoms with Gasteiger partial charge in [-0.15, -0.1) is 0 Å². The number of anilines is 1. The number of aryl methyl sites for hydroxylation is 1. The molecule has 0 aliphatic carbocycles. The van der Waals surface area contributed by atoms with Gasteiger partial charge in [-0.25, -0.2) is 0 Å². The molecule has 1 aliphatic heterocycles. The van der Waals surface area contributed by atoms with E-state index in [2.05, 4.69) is 31.1 Å². The Hall–Kier alpha value is -2.27. The fourth-order valence-corrected chi connectivity index (χ4v) is 3.38. The van der Waals surface area contributed by atoms with Crippen LogP contribution in [0.5, 0.6) is 0 Å². The van der Waals surface area contributed by atoms with Gasteiger partial charge in [-0.3, -0.25) is 14.5 Å². The van der Waals surface area contributed by atoms with Crippen molar-refractivity contribution in [1.29, 1.82) is 0 Å². The van der Waals surface area contributed by atoms with Gasteiger partial charge in [-0.1, -0.05) is 36.4 Å². The highest BCUT2D eigenvalue weighted by molar-refractivity contribution is 8.27. The first kappa shape index (κ1) is 15.6. The second-order valence-electron chi connectivity index (χ2n) is 5.73. The molecule has 0 saturated carbocycles. The number of benzene rings is 1. The zero-order valence-corrected chi connectivity index (χ0v) is 14.0. The first-order chi connectivity index (χ1) is 11.0. The van der Waals surface area contributed by atoms with Crippen molar-refractivity contribution >= 4 is 38.7 Å². The Balaban J connectivity index is 2.05. The number of carbonyl (C=O) groups is 2.